The van der Waals surface area contributed by atoms with Gasteiger partial charge in [0.1, 0.15) is 0 Å². The quantitative estimate of drug-likeness (QED) is 0.769. The highest BCUT2D eigenvalue weighted by atomic mass is 15.2. The molecule has 1 aromatic rings. The zero-order valence-corrected chi connectivity index (χ0v) is 13.4. The second kappa shape index (κ2) is 7.06. The summed E-state index contributed by atoms with van der Waals surface area (Å²) in [5, 5.41) is 7.75. The SMILES string of the molecule is CC(CCCNC(C)(C)C)N(C)Cc1cnn(C)c1. The molecule has 0 saturated carbocycles. The molecule has 110 valence electrons. The standard InChI is InChI=1S/C15H30N4/c1-13(8-7-9-16-15(2,3)4)18(5)11-14-10-17-19(6)12-14/h10,12-13,16H,7-9,11H2,1-6H3. The summed E-state index contributed by atoms with van der Waals surface area (Å²) in [6, 6.07) is 0.599. The van der Waals surface area contributed by atoms with Crippen molar-refractivity contribution in [3.8, 4) is 0 Å². The van der Waals surface area contributed by atoms with Crippen LogP contribution < -0.4 is 5.32 Å². The molecule has 1 atom stereocenters. The average molecular weight is 266 g/mol. The predicted octanol–water partition coefficient (Wildman–Crippen LogP) is 2.41. The third-order valence-corrected chi connectivity index (χ3v) is 3.40. The van der Waals surface area contributed by atoms with E-state index >= 15 is 0 Å². The van der Waals surface area contributed by atoms with E-state index in [1.165, 1.54) is 18.4 Å². The van der Waals surface area contributed by atoms with E-state index in [9.17, 15) is 0 Å². The molecule has 0 aliphatic rings. The number of rotatable bonds is 7. The Hall–Kier alpha value is -0.870. The number of aromatic nitrogens is 2. The van der Waals surface area contributed by atoms with Gasteiger partial charge < -0.3 is 5.32 Å². The minimum Gasteiger partial charge on any atom is -0.312 e. The monoisotopic (exact) mass is 266 g/mol. The summed E-state index contributed by atoms with van der Waals surface area (Å²) in [5.41, 5.74) is 1.51. The molecule has 0 fully saturated rings. The average Bonchev–Trinajstić information content (AvgIpc) is 2.68. The van der Waals surface area contributed by atoms with Crippen LogP contribution in [0.3, 0.4) is 0 Å². The van der Waals surface area contributed by atoms with E-state index in [-0.39, 0.29) is 5.54 Å². The fraction of sp³-hybridized carbons (Fsp3) is 0.800. The highest BCUT2D eigenvalue weighted by molar-refractivity contribution is 5.03. The van der Waals surface area contributed by atoms with Gasteiger partial charge in [0.25, 0.3) is 0 Å². The molecule has 0 amide bonds. The highest BCUT2D eigenvalue weighted by Crippen LogP contribution is 2.09. The van der Waals surface area contributed by atoms with Crippen LogP contribution in [0.15, 0.2) is 12.4 Å². The molecule has 1 rings (SSSR count). The minimum absolute atomic E-state index is 0.227. The zero-order chi connectivity index (χ0) is 14.5. The molecule has 4 nitrogen and oxygen atoms in total. The highest BCUT2D eigenvalue weighted by Gasteiger charge is 2.12. The number of hydrogen-bond acceptors (Lipinski definition) is 3. The van der Waals surface area contributed by atoms with Gasteiger partial charge in [-0.1, -0.05) is 0 Å². The lowest BCUT2D eigenvalue weighted by Gasteiger charge is -2.25. The van der Waals surface area contributed by atoms with Gasteiger partial charge in [-0.05, 0) is 54.1 Å². The Morgan fingerprint density at radius 2 is 2.11 bits per heavy atom. The van der Waals surface area contributed by atoms with Crippen LogP contribution in [0, 0.1) is 0 Å². The third kappa shape index (κ3) is 6.73. The van der Waals surface area contributed by atoms with Gasteiger partial charge in [0.2, 0.25) is 0 Å². The molecule has 0 bridgehead atoms. The van der Waals surface area contributed by atoms with Crippen molar-refractivity contribution in [3.63, 3.8) is 0 Å². The van der Waals surface area contributed by atoms with Gasteiger partial charge in [0, 0.05) is 36.9 Å². The van der Waals surface area contributed by atoms with E-state index < -0.39 is 0 Å². The van der Waals surface area contributed by atoms with E-state index in [0.717, 1.165) is 13.1 Å². The van der Waals surface area contributed by atoms with E-state index in [2.05, 4.69) is 56.3 Å². The van der Waals surface area contributed by atoms with Crippen molar-refractivity contribution < 1.29 is 0 Å². The van der Waals surface area contributed by atoms with Crippen molar-refractivity contribution in [2.45, 2.75) is 58.7 Å². The van der Waals surface area contributed by atoms with E-state index in [4.69, 9.17) is 0 Å². The van der Waals surface area contributed by atoms with Crippen LogP contribution in [0.5, 0.6) is 0 Å². The fourth-order valence-corrected chi connectivity index (χ4v) is 2.08. The van der Waals surface area contributed by atoms with Crippen LogP contribution in [0.1, 0.15) is 46.1 Å². The third-order valence-electron chi connectivity index (χ3n) is 3.40. The second-order valence-corrected chi connectivity index (χ2v) is 6.61. The fourth-order valence-electron chi connectivity index (χ4n) is 2.08. The maximum atomic E-state index is 4.21. The Labute approximate surface area is 118 Å². The molecule has 1 unspecified atom stereocenters. The lowest BCUT2D eigenvalue weighted by Crippen LogP contribution is -2.37. The van der Waals surface area contributed by atoms with E-state index in [1.807, 2.05) is 17.9 Å². The summed E-state index contributed by atoms with van der Waals surface area (Å²) in [5.74, 6) is 0. The first-order valence-electron chi connectivity index (χ1n) is 7.21. The largest absolute Gasteiger partial charge is 0.312 e. The smallest absolute Gasteiger partial charge is 0.0534 e. The molecular weight excluding hydrogens is 236 g/mol. The predicted molar refractivity (Wildman–Crippen MR) is 81.1 cm³/mol. The molecule has 19 heavy (non-hydrogen) atoms. The van der Waals surface area contributed by atoms with E-state index in [0.29, 0.717) is 6.04 Å². The lowest BCUT2D eigenvalue weighted by molar-refractivity contribution is 0.232. The summed E-state index contributed by atoms with van der Waals surface area (Å²) < 4.78 is 1.86. The van der Waals surface area contributed by atoms with Crippen LogP contribution >= 0.6 is 0 Å². The van der Waals surface area contributed by atoms with Crippen molar-refractivity contribution in [2.75, 3.05) is 13.6 Å². The molecule has 1 N–H and O–H groups in total. The topological polar surface area (TPSA) is 33.1 Å². The van der Waals surface area contributed by atoms with Gasteiger partial charge in [-0.25, -0.2) is 0 Å². The summed E-state index contributed by atoms with van der Waals surface area (Å²) in [6.45, 7) is 11.0. The zero-order valence-electron chi connectivity index (χ0n) is 13.4. The van der Waals surface area contributed by atoms with Crippen LogP contribution in [-0.2, 0) is 13.6 Å². The van der Waals surface area contributed by atoms with Crippen molar-refractivity contribution in [3.05, 3.63) is 18.0 Å². The van der Waals surface area contributed by atoms with Gasteiger partial charge in [-0.3, -0.25) is 9.58 Å². The summed E-state index contributed by atoms with van der Waals surface area (Å²) in [4.78, 5) is 2.40. The van der Waals surface area contributed by atoms with Crippen LogP contribution in [-0.4, -0.2) is 39.9 Å². The first-order valence-corrected chi connectivity index (χ1v) is 7.21. The molecular formula is C15H30N4. The van der Waals surface area contributed by atoms with Gasteiger partial charge >= 0.3 is 0 Å². The molecule has 0 saturated heterocycles. The van der Waals surface area contributed by atoms with Gasteiger partial charge in [-0.2, -0.15) is 5.10 Å². The second-order valence-electron chi connectivity index (χ2n) is 6.61. The molecule has 0 spiro atoms. The first-order chi connectivity index (χ1) is 8.78. The van der Waals surface area contributed by atoms with Gasteiger partial charge in [-0.15, -0.1) is 0 Å². The van der Waals surface area contributed by atoms with Crippen molar-refractivity contribution in [1.82, 2.24) is 20.0 Å². The molecule has 1 heterocycles. The molecule has 1 aromatic heterocycles. The molecule has 0 radical (unpaired) electrons. The summed E-state index contributed by atoms with van der Waals surface area (Å²) in [6.07, 6.45) is 6.48. The molecule has 0 aliphatic heterocycles. The maximum Gasteiger partial charge on any atom is 0.0534 e. The molecule has 0 aromatic carbocycles. The Bertz CT molecular complexity index is 364. The summed E-state index contributed by atoms with van der Waals surface area (Å²) in [7, 11) is 4.15. The Kier molecular flexibility index (Phi) is 6.01. The Balaban J connectivity index is 2.23. The maximum absolute atomic E-state index is 4.21. The van der Waals surface area contributed by atoms with Crippen LogP contribution in [0.2, 0.25) is 0 Å². The summed E-state index contributed by atoms with van der Waals surface area (Å²) >= 11 is 0. The number of aryl methyl sites for hydroxylation is 1. The number of nitrogens with zero attached hydrogens (tertiary/aromatic N) is 3. The van der Waals surface area contributed by atoms with Gasteiger partial charge in [0.05, 0.1) is 6.20 Å². The molecule has 0 aliphatic carbocycles. The van der Waals surface area contributed by atoms with Crippen molar-refractivity contribution in [2.24, 2.45) is 7.05 Å². The Morgan fingerprint density at radius 1 is 1.42 bits per heavy atom. The van der Waals surface area contributed by atoms with Crippen molar-refractivity contribution >= 4 is 0 Å². The normalized spacial score (nSPS) is 14.1. The van der Waals surface area contributed by atoms with Crippen LogP contribution in [0.25, 0.3) is 0 Å². The lowest BCUT2D eigenvalue weighted by atomic mass is 10.1. The van der Waals surface area contributed by atoms with Crippen LogP contribution in [0.4, 0.5) is 0 Å². The Morgan fingerprint density at radius 3 is 2.63 bits per heavy atom. The minimum atomic E-state index is 0.227. The molecule has 4 heteroatoms. The van der Waals surface area contributed by atoms with Gasteiger partial charge in [0.15, 0.2) is 0 Å². The van der Waals surface area contributed by atoms with E-state index in [1.54, 1.807) is 0 Å². The first kappa shape index (κ1) is 16.2. The number of nitrogens with one attached hydrogen (secondary N) is 1. The number of hydrogen-bond donors (Lipinski definition) is 1. The van der Waals surface area contributed by atoms with Crippen molar-refractivity contribution in [1.29, 1.82) is 0 Å².